The van der Waals surface area contributed by atoms with E-state index in [1.165, 1.54) is 0 Å². The van der Waals surface area contributed by atoms with Crippen LogP contribution in [-0.4, -0.2) is 25.3 Å². The van der Waals surface area contributed by atoms with Crippen molar-refractivity contribution in [3.63, 3.8) is 0 Å². The Labute approximate surface area is 131 Å². The maximum atomic E-state index is 11.2. The number of aryl methyl sites for hydroxylation is 1. The summed E-state index contributed by atoms with van der Waals surface area (Å²) in [5.41, 5.74) is 2.71. The minimum Gasteiger partial charge on any atom is -0.495 e. The van der Waals surface area contributed by atoms with Gasteiger partial charge in [-0.3, -0.25) is 0 Å². The Bertz CT molecular complexity index is 695. The van der Waals surface area contributed by atoms with Gasteiger partial charge in [0.2, 0.25) is 0 Å². The zero-order chi connectivity index (χ0) is 15.6. The van der Waals surface area contributed by atoms with E-state index in [0.29, 0.717) is 16.0 Å². The normalized spacial score (nSPS) is 10.3. The topological polar surface area (TPSA) is 55.8 Å². The number of aromatic carboxylic acids is 1. The summed E-state index contributed by atoms with van der Waals surface area (Å²) in [6, 6.07) is 8.85. The maximum absolute atomic E-state index is 11.2. The third kappa shape index (κ3) is 3.03. The zero-order valence-corrected chi connectivity index (χ0v) is 13.5. The van der Waals surface area contributed by atoms with Crippen LogP contribution >= 0.6 is 15.9 Å². The zero-order valence-electron chi connectivity index (χ0n) is 11.9. The van der Waals surface area contributed by atoms with Crippen LogP contribution < -0.4 is 9.47 Å². The Morgan fingerprint density at radius 1 is 1.14 bits per heavy atom. The van der Waals surface area contributed by atoms with Gasteiger partial charge in [-0.2, -0.15) is 0 Å². The molecule has 21 heavy (non-hydrogen) atoms. The SMILES string of the molecule is COc1ccc(-c2cc(C)cc(C(=O)O)c2)c(OC)c1Br. The van der Waals surface area contributed by atoms with Crippen molar-refractivity contribution in [1.82, 2.24) is 0 Å². The summed E-state index contributed by atoms with van der Waals surface area (Å²) in [7, 11) is 3.14. The molecule has 2 rings (SSSR count). The Kier molecular flexibility index (Phi) is 4.53. The van der Waals surface area contributed by atoms with Crippen molar-refractivity contribution < 1.29 is 19.4 Å². The molecule has 0 amide bonds. The summed E-state index contributed by atoms with van der Waals surface area (Å²) in [5.74, 6) is 0.310. The van der Waals surface area contributed by atoms with E-state index in [2.05, 4.69) is 15.9 Å². The summed E-state index contributed by atoms with van der Waals surface area (Å²) in [6.45, 7) is 1.86. The van der Waals surface area contributed by atoms with Gasteiger partial charge in [0.1, 0.15) is 16.0 Å². The summed E-state index contributed by atoms with van der Waals surface area (Å²) in [6.07, 6.45) is 0. The van der Waals surface area contributed by atoms with Gasteiger partial charge < -0.3 is 14.6 Å². The molecule has 4 nitrogen and oxygen atoms in total. The van der Waals surface area contributed by atoms with Crippen LogP contribution in [0, 0.1) is 6.92 Å². The van der Waals surface area contributed by atoms with E-state index in [-0.39, 0.29) is 5.56 Å². The van der Waals surface area contributed by atoms with Crippen molar-refractivity contribution in [2.45, 2.75) is 6.92 Å². The van der Waals surface area contributed by atoms with Gasteiger partial charge in [-0.15, -0.1) is 0 Å². The minimum atomic E-state index is -0.952. The van der Waals surface area contributed by atoms with Crippen LogP contribution in [0.15, 0.2) is 34.8 Å². The van der Waals surface area contributed by atoms with Crippen LogP contribution in [0.25, 0.3) is 11.1 Å². The van der Waals surface area contributed by atoms with E-state index in [1.807, 2.05) is 25.1 Å². The fourth-order valence-corrected chi connectivity index (χ4v) is 2.85. The number of methoxy groups -OCH3 is 2. The van der Waals surface area contributed by atoms with Gasteiger partial charge >= 0.3 is 5.97 Å². The molecule has 2 aromatic carbocycles. The summed E-state index contributed by atoms with van der Waals surface area (Å²) < 4.78 is 11.4. The number of hydrogen-bond acceptors (Lipinski definition) is 3. The standard InChI is InChI=1S/C16H15BrO4/c1-9-6-10(8-11(7-9)16(18)19)12-4-5-13(20-2)14(17)15(12)21-3/h4-8H,1-3H3,(H,18,19). The second-order valence-corrected chi connectivity index (χ2v) is 5.35. The number of carboxylic acids is 1. The predicted molar refractivity (Wildman–Crippen MR) is 84.4 cm³/mol. The summed E-state index contributed by atoms with van der Waals surface area (Å²) >= 11 is 3.45. The number of carboxylic acid groups (broad SMARTS) is 1. The van der Waals surface area contributed by atoms with Crippen LogP contribution in [0.5, 0.6) is 11.5 Å². The molecule has 0 saturated carbocycles. The molecule has 0 atom stereocenters. The molecule has 0 spiro atoms. The van der Waals surface area contributed by atoms with Gasteiger partial charge in [-0.05, 0) is 58.2 Å². The lowest BCUT2D eigenvalue weighted by atomic mass is 9.99. The fourth-order valence-electron chi connectivity index (χ4n) is 2.18. The molecule has 5 heteroatoms. The van der Waals surface area contributed by atoms with E-state index >= 15 is 0 Å². The largest absolute Gasteiger partial charge is 0.495 e. The van der Waals surface area contributed by atoms with Crippen molar-refractivity contribution in [1.29, 1.82) is 0 Å². The Morgan fingerprint density at radius 3 is 2.43 bits per heavy atom. The van der Waals surface area contributed by atoms with Gasteiger partial charge in [0.25, 0.3) is 0 Å². The van der Waals surface area contributed by atoms with Crippen molar-refractivity contribution in [2.75, 3.05) is 14.2 Å². The molecule has 0 aromatic heterocycles. The van der Waals surface area contributed by atoms with Crippen molar-refractivity contribution >= 4 is 21.9 Å². The van der Waals surface area contributed by atoms with Gasteiger partial charge in [0.15, 0.2) is 0 Å². The van der Waals surface area contributed by atoms with Crippen LogP contribution in [0.4, 0.5) is 0 Å². The Balaban J connectivity index is 2.67. The van der Waals surface area contributed by atoms with Crippen molar-refractivity contribution in [3.8, 4) is 22.6 Å². The lowest BCUT2D eigenvalue weighted by Crippen LogP contribution is -1.98. The number of benzene rings is 2. The molecule has 110 valence electrons. The average molecular weight is 351 g/mol. The highest BCUT2D eigenvalue weighted by Crippen LogP contribution is 2.42. The second-order valence-electron chi connectivity index (χ2n) is 4.56. The van der Waals surface area contributed by atoms with E-state index in [9.17, 15) is 9.90 Å². The smallest absolute Gasteiger partial charge is 0.335 e. The second kappa shape index (κ2) is 6.18. The summed E-state index contributed by atoms with van der Waals surface area (Å²) in [4.78, 5) is 11.2. The van der Waals surface area contributed by atoms with Crippen LogP contribution in [0.1, 0.15) is 15.9 Å². The first-order valence-electron chi connectivity index (χ1n) is 6.23. The molecule has 0 heterocycles. The molecular weight excluding hydrogens is 336 g/mol. The molecule has 2 aromatic rings. The fraction of sp³-hybridized carbons (Fsp3) is 0.188. The third-order valence-corrected chi connectivity index (χ3v) is 3.87. The minimum absolute atomic E-state index is 0.249. The maximum Gasteiger partial charge on any atom is 0.335 e. The third-order valence-electron chi connectivity index (χ3n) is 3.12. The highest BCUT2D eigenvalue weighted by Gasteiger charge is 2.16. The lowest BCUT2D eigenvalue weighted by Gasteiger charge is -2.14. The van der Waals surface area contributed by atoms with Gasteiger partial charge in [-0.1, -0.05) is 6.07 Å². The van der Waals surface area contributed by atoms with Gasteiger partial charge in [0, 0.05) is 5.56 Å². The van der Waals surface area contributed by atoms with Crippen LogP contribution in [0.3, 0.4) is 0 Å². The summed E-state index contributed by atoms with van der Waals surface area (Å²) in [5, 5.41) is 9.18. The Morgan fingerprint density at radius 2 is 1.86 bits per heavy atom. The highest BCUT2D eigenvalue weighted by molar-refractivity contribution is 9.10. The molecule has 0 bridgehead atoms. The molecule has 0 unspecified atom stereocenters. The molecule has 1 N–H and O–H groups in total. The van der Waals surface area contributed by atoms with Crippen molar-refractivity contribution in [2.24, 2.45) is 0 Å². The van der Waals surface area contributed by atoms with Crippen LogP contribution in [-0.2, 0) is 0 Å². The Hall–Kier alpha value is -2.01. The van der Waals surface area contributed by atoms with E-state index in [4.69, 9.17) is 9.47 Å². The molecule has 0 aliphatic carbocycles. The van der Waals surface area contributed by atoms with E-state index in [1.54, 1.807) is 26.4 Å². The molecule has 0 radical (unpaired) electrons. The molecule has 0 aliphatic rings. The number of rotatable bonds is 4. The first-order chi connectivity index (χ1) is 9.97. The van der Waals surface area contributed by atoms with Crippen molar-refractivity contribution in [3.05, 3.63) is 45.9 Å². The van der Waals surface area contributed by atoms with Crippen LogP contribution in [0.2, 0.25) is 0 Å². The lowest BCUT2D eigenvalue weighted by molar-refractivity contribution is 0.0697. The number of hydrogen-bond donors (Lipinski definition) is 1. The quantitative estimate of drug-likeness (QED) is 0.900. The molecular formula is C16H15BrO4. The molecule has 0 aliphatic heterocycles. The van der Waals surface area contributed by atoms with E-state index < -0.39 is 5.97 Å². The number of ether oxygens (including phenoxy) is 2. The first-order valence-corrected chi connectivity index (χ1v) is 7.03. The monoisotopic (exact) mass is 350 g/mol. The first kappa shape index (κ1) is 15.4. The van der Waals surface area contributed by atoms with Gasteiger partial charge in [0.05, 0.1) is 19.8 Å². The van der Waals surface area contributed by atoms with E-state index in [0.717, 1.165) is 16.7 Å². The predicted octanol–water partition coefficient (Wildman–Crippen LogP) is 4.14. The average Bonchev–Trinajstić information content (AvgIpc) is 2.46. The number of halogens is 1. The molecule has 0 fully saturated rings. The number of carbonyl (C=O) groups is 1. The molecule has 0 saturated heterocycles. The van der Waals surface area contributed by atoms with Gasteiger partial charge in [-0.25, -0.2) is 4.79 Å². The highest BCUT2D eigenvalue weighted by atomic mass is 79.9.